The fourth-order valence-electron chi connectivity index (χ4n) is 1.62. The van der Waals surface area contributed by atoms with Crippen LogP contribution in [0.1, 0.15) is 20.3 Å². The number of hydrogen-bond acceptors (Lipinski definition) is 6. The Labute approximate surface area is 127 Å². The zero-order valence-electron chi connectivity index (χ0n) is 12.4. The molecule has 1 rings (SSSR count). The van der Waals surface area contributed by atoms with Gasteiger partial charge in [-0.05, 0) is 18.4 Å². The van der Waals surface area contributed by atoms with E-state index in [-0.39, 0.29) is 11.9 Å². The Bertz CT molecular complexity index is 520. The average Bonchev–Trinajstić information content (AvgIpc) is 2.44. The molecule has 0 unspecified atom stereocenters. The number of nitrogens with zero attached hydrogens (tertiary/aromatic N) is 2. The van der Waals surface area contributed by atoms with Crippen LogP contribution in [0.2, 0.25) is 0 Å². The van der Waals surface area contributed by atoms with E-state index >= 15 is 0 Å². The van der Waals surface area contributed by atoms with Crippen molar-refractivity contribution < 1.29 is 19.1 Å². The molecule has 0 saturated carbocycles. The highest BCUT2D eigenvalue weighted by Crippen LogP contribution is 2.06. The van der Waals surface area contributed by atoms with Gasteiger partial charge in [0.1, 0.15) is 6.04 Å². The number of nitrogens with two attached hydrogens (primary N) is 1. The lowest BCUT2D eigenvalue weighted by molar-refractivity contribution is -0.149. The number of hydrogen-bond donors (Lipinski definition) is 3. The standard InChI is InChI=1S/C13H19N5O4/c1-8(2)6-9(17-12(14)21)11(20)22-7-10(19)18-13-15-4-3-5-16-13/h3-5,8-9H,6-7H2,1-2H3,(H3,14,17,21)(H,15,16,18,19)/t9-/m1/s1. The number of anilines is 1. The maximum absolute atomic E-state index is 11.9. The maximum atomic E-state index is 11.9. The van der Waals surface area contributed by atoms with Crippen LogP contribution in [0.3, 0.4) is 0 Å². The molecule has 1 heterocycles. The summed E-state index contributed by atoms with van der Waals surface area (Å²) in [6, 6.07) is -0.121. The van der Waals surface area contributed by atoms with Crippen LogP contribution in [-0.4, -0.2) is 40.5 Å². The van der Waals surface area contributed by atoms with Crippen LogP contribution in [0.5, 0.6) is 0 Å². The SMILES string of the molecule is CC(C)C[C@@H](NC(N)=O)C(=O)OCC(=O)Nc1ncccn1. The molecule has 1 aromatic heterocycles. The largest absolute Gasteiger partial charge is 0.454 e. The first kappa shape index (κ1) is 17.3. The van der Waals surface area contributed by atoms with E-state index in [9.17, 15) is 14.4 Å². The van der Waals surface area contributed by atoms with Gasteiger partial charge in [-0.25, -0.2) is 19.6 Å². The van der Waals surface area contributed by atoms with E-state index in [1.54, 1.807) is 6.07 Å². The quantitative estimate of drug-likeness (QED) is 0.608. The second-order valence-corrected chi connectivity index (χ2v) is 4.92. The fourth-order valence-corrected chi connectivity index (χ4v) is 1.62. The molecule has 0 saturated heterocycles. The van der Waals surface area contributed by atoms with Crippen LogP contribution >= 0.6 is 0 Å². The van der Waals surface area contributed by atoms with Crippen molar-refractivity contribution in [2.45, 2.75) is 26.3 Å². The molecular formula is C13H19N5O4. The van der Waals surface area contributed by atoms with Gasteiger partial charge in [0.25, 0.3) is 5.91 Å². The first-order valence-electron chi connectivity index (χ1n) is 6.68. The number of amides is 3. The smallest absolute Gasteiger partial charge is 0.329 e. The number of nitrogens with one attached hydrogen (secondary N) is 2. The molecule has 0 fully saturated rings. The summed E-state index contributed by atoms with van der Waals surface area (Å²) >= 11 is 0. The van der Waals surface area contributed by atoms with E-state index in [1.807, 2.05) is 13.8 Å². The average molecular weight is 309 g/mol. The van der Waals surface area contributed by atoms with Gasteiger partial charge < -0.3 is 15.8 Å². The molecule has 1 atom stereocenters. The highest BCUT2D eigenvalue weighted by molar-refractivity contribution is 5.92. The predicted molar refractivity (Wildman–Crippen MR) is 77.6 cm³/mol. The molecule has 0 bridgehead atoms. The van der Waals surface area contributed by atoms with E-state index in [1.165, 1.54) is 12.4 Å². The Morgan fingerprint density at radius 1 is 1.27 bits per heavy atom. The lowest BCUT2D eigenvalue weighted by atomic mass is 10.0. The number of aromatic nitrogens is 2. The third kappa shape index (κ3) is 6.64. The fraction of sp³-hybridized carbons (Fsp3) is 0.462. The summed E-state index contributed by atoms with van der Waals surface area (Å²) in [5.74, 6) is -1.06. The lowest BCUT2D eigenvalue weighted by Gasteiger charge is -2.17. The molecule has 0 aromatic carbocycles. The van der Waals surface area contributed by atoms with Crippen LogP contribution in [0.4, 0.5) is 10.7 Å². The van der Waals surface area contributed by atoms with Crippen molar-refractivity contribution in [2.75, 3.05) is 11.9 Å². The number of ether oxygens (including phenoxy) is 1. The predicted octanol–water partition coefficient (Wildman–Crippen LogP) is 0.0413. The second-order valence-electron chi connectivity index (χ2n) is 4.92. The highest BCUT2D eigenvalue weighted by atomic mass is 16.5. The minimum absolute atomic E-state index is 0.109. The number of primary amides is 1. The first-order chi connectivity index (χ1) is 10.4. The molecule has 4 N–H and O–H groups in total. The van der Waals surface area contributed by atoms with E-state index in [0.29, 0.717) is 6.42 Å². The van der Waals surface area contributed by atoms with Crippen LogP contribution in [0.25, 0.3) is 0 Å². The Hall–Kier alpha value is -2.71. The monoisotopic (exact) mass is 309 g/mol. The van der Waals surface area contributed by atoms with Gasteiger partial charge in [0.05, 0.1) is 0 Å². The third-order valence-electron chi connectivity index (χ3n) is 2.47. The molecule has 0 aliphatic heterocycles. The normalized spacial score (nSPS) is 11.6. The Morgan fingerprint density at radius 2 is 1.91 bits per heavy atom. The summed E-state index contributed by atoms with van der Waals surface area (Å²) in [6.45, 7) is 3.25. The van der Waals surface area contributed by atoms with E-state index in [4.69, 9.17) is 10.5 Å². The zero-order valence-corrected chi connectivity index (χ0v) is 12.4. The van der Waals surface area contributed by atoms with Crippen molar-refractivity contribution in [1.29, 1.82) is 0 Å². The number of carbonyl (C=O) groups excluding carboxylic acids is 3. The molecule has 120 valence electrons. The maximum Gasteiger partial charge on any atom is 0.329 e. The number of urea groups is 1. The summed E-state index contributed by atoms with van der Waals surface area (Å²) < 4.78 is 4.86. The van der Waals surface area contributed by atoms with Crippen molar-refractivity contribution in [3.8, 4) is 0 Å². The number of esters is 1. The molecule has 9 heteroatoms. The summed E-state index contributed by atoms with van der Waals surface area (Å²) in [4.78, 5) is 42.0. The molecule has 1 aromatic rings. The van der Waals surface area contributed by atoms with Gasteiger partial charge in [-0.15, -0.1) is 0 Å². The second kappa shape index (κ2) is 8.55. The number of carbonyl (C=O) groups is 3. The van der Waals surface area contributed by atoms with Gasteiger partial charge in [-0.2, -0.15) is 0 Å². The van der Waals surface area contributed by atoms with Gasteiger partial charge in [0.15, 0.2) is 6.61 Å². The Kier molecular flexibility index (Phi) is 6.74. The Balaban J connectivity index is 2.47. The van der Waals surface area contributed by atoms with E-state index in [2.05, 4.69) is 20.6 Å². The summed E-state index contributed by atoms with van der Waals surface area (Å²) in [7, 11) is 0. The van der Waals surface area contributed by atoms with E-state index in [0.717, 1.165) is 0 Å². The first-order valence-corrected chi connectivity index (χ1v) is 6.68. The topological polar surface area (TPSA) is 136 Å². The van der Waals surface area contributed by atoms with Crippen LogP contribution in [0.15, 0.2) is 18.5 Å². The van der Waals surface area contributed by atoms with Gasteiger partial charge in [-0.1, -0.05) is 13.8 Å². The molecular weight excluding hydrogens is 290 g/mol. The highest BCUT2D eigenvalue weighted by Gasteiger charge is 2.23. The summed E-state index contributed by atoms with van der Waals surface area (Å²) in [5, 5.41) is 4.66. The van der Waals surface area contributed by atoms with Crippen LogP contribution < -0.4 is 16.4 Å². The summed E-state index contributed by atoms with van der Waals surface area (Å²) in [5.41, 5.74) is 5.01. The molecule has 0 aliphatic carbocycles. The zero-order chi connectivity index (χ0) is 16.5. The van der Waals surface area contributed by atoms with Gasteiger partial charge in [0, 0.05) is 12.4 Å². The van der Waals surface area contributed by atoms with Crippen molar-refractivity contribution in [2.24, 2.45) is 11.7 Å². The van der Waals surface area contributed by atoms with Crippen molar-refractivity contribution in [3.63, 3.8) is 0 Å². The third-order valence-corrected chi connectivity index (χ3v) is 2.47. The molecule has 22 heavy (non-hydrogen) atoms. The van der Waals surface area contributed by atoms with Gasteiger partial charge in [-0.3, -0.25) is 10.1 Å². The van der Waals surface area contributed by atoms with Crippen molar-refractivity contribution in [3.05, 3.63) is 18.5 Å². The lowest BCUT2D eigenvalue weighted by Crippen LogP contribution is -2.45. The molecule has 9 nitrogen and oxygen atoms in total. The molecule has 0 spiro atoms. The van der Waals surface area contributed by atoms with Gasteiger partial charge in [0.2, 0.25) is 5.95 Å². The van der Waals surface area contributed by atoms with Crippen molar-refractivity contribution >= 4 is 23.9 Å². The van der Waals surface area contributed by atoms with E-state index < -0.39 is 30.6 Å². The van der Waals surface area contributed by atoms with Gasteiger partial charge >= 0.3 is 12.0 Å². The van der Waals surface area contributed by atoms with Crippen LogP contribution in [0, 0.1) is 5.92 Å². The molecule has 0 radical (unpaired) electrons. The molecule has 0 aliphatic rings. The summed E-state index contributed by atoms with van der Waals surface area (Å²) in [6.07, 6.45) is 3.28. The van der Waals surface area contributed by atoms with Crippen LogP contribution in [-0.2, 0) is 14.3 Å². The molecule has 3 amide bonds. The minimum atomic E-state index is -0.890. The minimum Gasteiger partial charge on any atom is -0.454 e. The Morgan fingerprint density at radius 3 is 2.45 bits per heavy atom. The number of rotatable bonds is 7. The van der Waals surface area contributed by atoms with Crippen molar-refractivity contribution in [1.82, 2.24) is 15.3 Å².